The Morgan fingerprint density at radius 2 is 2.16 bits per heavy atom. The van der Waals surface area contributed by atoms with Gasteiger partial charge in [-0.2, -0.15) is 0 Å². The number of hydrogen-bond acceptors (Lipinski definition) is 2. The number of carbonyl (C=O) groups is 1. The third-order valence-corrected chi connectivity index (χ3v) is 3.87. The molecule has 1 saturated heterocycles. The Morgan fingerprint density at radius 3 is 2.84 bits per heavy atom. The fraction of sp³-hybridized carbons (Fsp3) is 0.500. The fourth-order valence-corrected chi connectivity index (χ4v) is 2.70. The van der Waals surface area contributed by atoms with Crippen LogP contribution in [0.5, 0.6) is 0 Å². The molecule has 19 heavy (non-hydrogen) atoms. The zero-order chi connectivity index (χ0) is 13.7. The van der Waals surface area contributed by atoms with Crippen molar-refractivity contribution in [3.05, 3.63) is 33.8 Å². The molecule has 0 spiro atoms. The molecule has 0 radical (unpaired) electrons. The highest BCUT2D eigenvalue weighted by Crippen LogP contribution is 2.20. The van der Waals surface area contributed by atoms with Crippen molar-refractivity contribution in [3.63, 3.8) is 0 Å². The number of nitrogens with one attached hydrogen (secondary N) is 1. The minimum Gasteiger partial charge on any atom is -0.343 e. The molecule has 3 nitrogen and oxygen atoms in total. The van der Waals surface area contributed by atoms with E-state index < -0.39 is 0 Å². The monoisotopic (exact) mass is 300 g/mol. The number of benzene rings is 1. The first-order chi connectivity index (χ1) is 9.16. The Labute approximate surface area is 123 Å². The Bertz CT molecular complexity index is 451. The number of rotatable bonds is 6. The maximum atomic E-state index is 11.4. The SMILES string of the molecule is O=C1CCCN1CCCNCc1ccc(Cl)cc1Cl. The van der Waals surface area contributed by atoms with Crippen LogP contribution in [-0.2, 0) is 11.3 Å². The van der Waals surface area contributed by atoms with Crippen molar-refractivity contribution in [2.45, 2.75) is 25.8 Å². The third kappa shape index (κ3) is 4.37. The number of amides is 1. The van der Waals surface area contributed by atoms with Gasteiger partial charge >= 0.3 is 0 Å². The Morgan fingerprint density at radius 1 is 1.32 bits per heavy atom. The summed E-state index contributed by atoms with van der Waals surface area (Å²) in [5, 5.41) is 4.68. The largest absolute Gasteiger partial charge is 0.343 e. The molecule has 2 rings (SSSR count). The van der Waals surface area contributed by atoms with Crippen LogP contribution in [0.2, 0.25) is 10.0 Å². The lowest BCUT2D eigenvalue weighted by Crippen LogP contribution is -2.28. The highest BCUT2D eigenvalue weighted by Gasteiger charge is 2.18. The van der Waals surface area contributed by atoms with Crippen molar-refractivity contribution in [1.29, 1.82) is 0 Å². The van der Waals surface area contributed by atoms with Gasteiger partial charge in [-0.05, 0) is 37.1 Å². The predicted molar refractivity (Wildman–Crippen MR) is 78.6 cm³/mol. The van der Waals surface area contributed by atoms with E-state index in [1.54, 1.807) is 6.07 Å². The number of likely N-dealkylation sites (tertiary alicyclic amines) is 1. The third-order valence-electron chi connectivity index (χ3n) is 3.28. The molecule has 1 heterocycles. The summed E-state index contributed by atoms with van der Waals surface area (Å²) in [5.41, 5.74) is 1.04. The summed E-state index contributed by atoms with van der Waals surface area (Å²) >= 11 is 11.9. The zero-order valence-corrected chi connectivity index (χ0v) is 12.3. The maximum absolute atomic E-state index is 11.4. The van der Waals surface area contributed by atoms with Gasteiger partial charge in [0.1, 0.15) is 0 Å². The molecule has 104 valence electrons. The normalized spacial score (nSPS) is 15.3. The molecule has 0 bridgehead atoms. The van der Waals surface area contributed by atoms with E-state index in [2.05, 4.69) is 5.32 Å². The summed E-state index contributed by atoms with van der Waals surface area (Å²) < 4.78 is 0. The van der Waals surface area contributed by atoms with Gasteiger partial charge in [-0.1, -0.05) is 29.3 Å². The Balaban J connectivity index is 1.65. The zero-order valence-electron chi connectivity index (χ0n) is 10.8. The first-order valence-corrected chi connectivity index (χ1v) is 7.35. The van der Waals surface area contributed by atoms with Gasteiger partial charge in [-0.25, -0.2) is 0 Å². The van der Waals surface area contributed by atoms with Crippen molar-refractivity contribution in [2.24, 2.45) is 0 Å². The van der Waals surface area contributed by atoms with Gasteiger partial charge in [0.2, 0.25) is 5.91 Å². The number of nitrogens with zero attached hydrogens (tertiary/aromatic N) is 1. The summed E-state index contributed by atoms with van der Waals surface area (Å²) in [7, 11) is 0. The first kappa shape index (κ1) is 14.6. The van der Waals surface area contributed by atoms with Crippen molar-refractivity contribution < 1.29 is 4.79 Å². The lowest BCUT2D eigenvalue weighted by atomic mass is 10.2. The topological polar surface area (TPSA) is 32.3 Å². The Hall–Kier alpha value is -0.770. The minimum atomic E-state index is 0.292. The van der Waals surface area contributed by atoms with E-state index in [0.29, 0.717) is 22.4 Å². The molecule has 0 aromatic heterocycles. The van der Waals surface area contributed by atoms with E-state index in [1.807, 2.05) is 17.0 Å². The second kappa shape index (κ2) is 7.13. The first-order valence-electron chi connectivity index (χ1n) is 6.59. The van der Waals surface area contributed by atoms with Crippen molar-refractivity contribution in [1.82, 2.24) is 10.2 Å². The standard InChI is InChI=1S/C14H18Cl2N2O/c15-12-5-4-11(13(16)9-12)10-17-6-2-8-18-7-1-3-14(18)19/h4-5,9,17H,1-3,6-8,10H2. The molecule has 0 aliphatic carbocycles. The van der Waals surface area contributed by atoms with Crippen molar-refractivity contribution in [2.75, 3.05) is 19.6 Å². The molecule has 1 aromatic carbocycles. The second-order valence-electron chi connectivity index (χ2n) is 4.75. The minimum absolute atomic E-state index is 0.292. The molecule has 0 saturated carbocycles. The highest BCUT2D eigenvalue weighted by molar-refractivity contribution is 6.35. The van der Waals surface area contributed by atoms with Gasteiger partial charge in [-0.3, -0.25) is 4.79 Å². The van der Waals surface area contributed by atoms with E-state index >= 15 is 0 Å². The van der Waals surface area contributed by atoms with Crippen LogP contribution in [0.15, 0.2) is 18.2 Å². The summed E-state index contributed by atoms with van der Waals surface area (Å²) in [6, 6.07) is 5.53. The molecule has 1 aromatic rings. The summed E-state index contributed by atoms with van der Waals surface area (Å²) in [4.78, 5) is 13.4. The number of hydrogen-bond donors (Lipinski definition) is 1. The second-order valence-corrected chi connectivity index (χ2v) is 5.59. The van der Waals surface area contributed by atoms with Gasteiger partial charge in [0.05, 0.1) is 0 Å². The smallest absolute Gasteiger partial charge is 0.222 e. The molecule has 1 amide bonds. The van der Waals surface area contributed by atoms with Crippen LogP contribution < -0.4 is 5.32 Å². The van der Waals surface area contributed by atoms with Crippen LogP contribution in [0, 0.1) is 0 Å². The van der Waals surface area contributed by atoms with Crippen LogP contribution in [0.3, 0.4) is 0 Å². The average Bonchev–Trinajstić information content (AvgIpc) is 2.77. The number of halogens is 2. The Kier molecular flexibility index (Phi) is 5.49. The molecule has 1 N–H and O–H groups in total. The quantitative estimate of drug-likeness (QED) is 0.819. The lowest BCUT2D eigenvalue weighted by Gasteiger charge is -2.15. The van der Waals surface area contributed by atoms with E-state index in [-0.39, 0.29) is 0 Å². The molecule has 1 aliphatic heterocycles. The van der Waals surface area contributed by atoms with E-state index in [9.17, 15) is 4.79 Å². The molecule has 1 fully saturated rings. The average molecular weight is 301 g/mol. The maximum Gasteiger partial charge on any atom is 0.222 e. The molecule has 5 heteroatoms. The predicted octanol–water partition coefficient (Wildman–Crippen LogP) is 3.10. The van der Waals surface area contributed by atoms with Crippen molar-refractivity contribution in [3.8, 4) is 0 Å². The van der Waals surface area contributed by atoms with Crippen LogP contribution >= 0.6 is 23.2 Å². The van der Waals surface area contributed by atoms with Crippen LogP contribution in [0.25, 0.3) is 0 Å². The van der Waals surface area contributed by atoms with Gasteiger partial charge in [-0.15, -0.1) is 0 Å². The van der Waals surface area contributed by atoms with Crippen LogP contribution in [0.1, 0.15) is 24.8 Å². The van der Waals surface area contributed by atoms with E-state index in [0.717, 1.165) is 44.6 Å². The van der Waals surface area contributed by atoms with Crippen molar-refractivity contribution >= 4 is 29.1 Å². The van der Waals surface area contributed by atoms with E-state index in [1.165, 1.54) is 0 Å². The summed E-state index contributed by atoms with van der Waals surface area (Å²) in [6.45, 7) is 3.37. The van der Waals surface area contributed by atoms with Crippen LogP contribution in [-0.4, -0.2) is 30.4 Å². The summed E-state index contributed by atoms with van der Waals surface area (Å²) in [6.07, 6.45) is 2.69. The lowest BCUT2D eigenvalue weighted by molar-refractivity contribution is -0.127. The molecular weight excluding hydrogens is 283 g/mol. The van der Waals surface area contributed by atoms with Gasteiger partial charge in [0.15, 0.2) is 0 Å². The molecule has 0 atom stereocenters. The molecular formula is C14H18Cl2N2O. The summed E-state index contributed by atoms with van der Waals surface area (Å²) in [5.74, 6) is 0.292. The van der Waals surface area contributed by atoms with E-state index in [4.69, 9.17) is 23.2 Å². The van der Waals surface area contributed by atoms with Gasteiger partial charge in [0.25, 0.3) is 0 Å². The fourth-order valence-electron chi connectivity index (χ4n) is 2.22. The van der Waals surface area contributed by atoms with Gasteiger partial charge in [0, 0.05) is 36.1 Å². The van der Waals surface area contributed by atoms with Crippen LogP contribution in [0.4, 0.5) is 0 Å². The molecule has 0 unspecified atom stereocenters. The van der Waals surface area contributed by atoms with Gasteiger partial charge < -0.3 is 10.2 Å². The molecule has 1 aliphatic rings. The number of carbonyl (C=O) groups excluding carboxylic acids is 1. The highest BCUT2D eigenvalue weighted by atomic mass is 35.5.